The SMILES string of the molecule is CN1CCc2nc(NC(=O)c3cccnc3Sc3ccc4c(c3)OCCO4)sc2C1. The second kappa shape index (κ2) is 8.25. The minimum absolute atomic E-state index is 0.206. The fraction of sp³-hybridized carbons (Fsp3) is 0.286. The first kappa shape index (κ1) is 19.3. The summed E-state index contributed by atoms with van der Waals surface area (Å²) in [4.78, 5) is 26.4. The zero-order valence-corrected chi connectivity index (χ0v) is 18.0. The molecule has 0 fully saturated rings. The van der Waals surface area contributed by atoms with Gasteiger partial charge >= 0.3 is 0 Å². The average Bonchev–Trinajstić information content (AvgIpc) is 3.15. The smallest absolute Gasteiger partial charge is 0.260 e. The summed E-state index contributed by atoms with van der Waals surface area (Å²) in [7, 11) is 2.10. The van der Waals surface area contributed by atoms with Crippen molar-refractivity contribution >= 4 is 34.1 Å². The number of carbonyl (C=O) groups excluding carboxylic acids is 1. The number of carbonyl (C=O) groups is 1. The van der Waals surface area contributed by atoms with Crippen LogP contribution in [0.1, 0.15) is 20.9 Å². The largest absolute Gasteiger partial charge is 0.486 e. The molecule has 0 spiro atoms. The van der Waals surface area contributed by atoms with Crippen LogP contribution in [-0.4, -0.2) is 47.6 Å². The van der Waals surface area contributed by atoms with E-state index in [0.29, 0.717) is 34.7 Å². The Morgan fingerprint density at radius 2 is 2.10 bits per heavy atom. The summed E-state index contributed by atoms with van der Waals surface area (Å²) in [5.74, 6) is 1.25. The molecule has 0 saturated carbocycles. The lowest BCUT2D eigenvalue weighted by Gasteiger charge is -2.20. The monoisotopic (exact) mass is 440 g/mol. The summed E-state index contributed by atoms with van der Waals surface area (Å²) in [5.41, 5.74) is 1.60. The Morgan fingerprint density at radius 3 is 3.00 bits per heavy atom. The van der Waals surface area contributed by atoms with E-state index in [1.54, 1.807) is 29.7 Å². The molecule has 1 N–H and O–H groups in total. The average molecular weight is 441 g/mol. The number of rotatable bonds is 4. The Labute approximate surface area is 182 Å². The Balaban J connectivity index is 1.35. The van der Waals surface area contributed by atoms with Crippen LogP contribution in [0.3, 0.4) is 0 Å². The van der Waals surface area contributed by atoms with Gasteiger partial charge in [-0.25, -0.2) is 9.97 Å². The van der Waals surface area contributed by atoms with Gasteiger partial charge in [0.05, 0.1) is 11.3 Å². The number of hydrogen-bond donors (Lipinski definition) is 1. The highest BCUT2D eigenvalue weighted by Gasteiger charge is 2.21. The number of hydrogen-bond acceptors (Lipinski definition) is 8. The minimum Gasteiger partial charge on any atom is -0.486 e. The molecule has 1 amide bonds. The number of likely N-dealkylation sites (N-methyl/N-ethyl adjacent to an activating group) is 1. The van der Waals surface area contributed by atoms with Crippen LogP contribution in [-0.2, 0) is 13.0 Å². The van der Waals surface area contributed by atoms with Gasteiger partial charge in [-0.1, -0.05) is 11.8 Å². The van der Waals surface area contributed by atoms with Crippen molar-refractivity contribution in [1.29, 1.82) is 0 Å². The van der Waals surface area contributed by atoms with E-state index in [4.69, 9.17) is 9.47 Å². The predicted molar refractivity (Wildman–Crippen MR) is 116 cm³/mol. The van der Waals surface area contributed by atoms with Gasteiger partial charge in [0.1, 0.15) is 18.2 Å². The number of fused-ring (bicyclic) bond motifs is 2. The quantitative estimate of drug-likeness (QED) is 0.663. The fourth-order valence-corrected chi connectivity index (χ4v) is 5.38. The summed E-state index contributed by atoms with van der Waals surface area (Å²) in [6.45, 7) is 2.95. The number of anilines is 1. The van der Waals surface area contributed by atoms with Crippen molar-refractivity contribution in [1.82, 2.24) is 14.9 Å². The summed E-state index contributed by atoms with van der Waals surface area (Å²) in [5, 5.41) is 4.23. The molecule has 0 atom stereocenters. The highest BCUT2D eigenvalue weighted by Crippen LogP contribution is 2.37. The Kier molecular flexibility index (Phi) is 5.32. The molecule has 0 aliphatic carbocycles. The summed E-state index contributed by atoms with van der Waals surface area (Å²) in [6, 6.07) is 9.30. The number of benzene rings is 1. The summed E-state index contributed by atoms with van der Waals surface area (Å²) in [6.07, 6.45) is 2.60. The molecule has 9 heteroatoms. The van der Waals surface area contributed by atoms with Crippen molar-refractivity contribution in [3.05, 3.63) is 52.7 Å². The number of nitrogens with one attached hydrogen (secondary N) is 1. The Morgan fingerprint density at radius 1 is 1.23 bits per heavy atom. The third-order valence-electron chi connectivity index (χ3n) is 4.89. The van der Waals surface area contributed by atoms with Gasteiger partial charge in [-0.2, -0.15) is 0 Å². The van der Waals surface area contributed by atoms with Crippen LogP contribution in [0.25, 0.3) is 0 Å². The van der Waals surface area contributed by atoms with Gasteiger partial charge in [-0.05, 0) is 37.4 Å². The van der Waals surface area contributed by atoms with E-state index in [-0.39, 0.29) is 5.91 Å². The van der Waals surface area contributed by atoms with E-state index in [1.165, 1.54) is 16.6 Å². The molecule has 154 valence electrons. The normalized spacial score (nSPS) is 15.5. The number of thiazole rings is 1. The molecule has 5 rings (SSSR count). The van der Waals surface area contributed by atoms with Crippen molar-refractivity contribution in [3.63, 3.8) is 0 Å². The molecule has 2 aliphatic rings. The van der Waals surface area contributed by atoms with Gasteiger partial charge in [-0.3, -0.25) is 10.1 Å². The van der Waals surface area contributed by atoms with E-state index < -0.39 is 0 Å². The van der Waals surface area contributed by atoms with Crippen molar-refractivity contribution in [3.8, 4) is 11.5 Å². The van der Waals surface area contributed by atoms with Crippen LogP contribution in [0.5, 0.6) is 11.5 Å². The van der Waals surface area contributed by atoms with Gasteiger partial charge in [0.25, 0.3) is 5.91 Å². The topological polar surface area (TPSA) is 76.6 Å². The first-order valence-electron chi connectivity index (χ1n) is 9.67. The minimum atomic E-state index is -0.206. The second-order valence-electron chi connectivity index (χ2n) is 7.09. The molecular weight excluding hydrogens is 420 g/mol. The highest BCUT2D eigenvalue weighted by molar-refractivity contribution is 7.99. The second-order valence-corrected chi connectivity index (χ2v) is 9.24. The number of ether oxygens (including phenoxy) is 2. The number of aromatic nitrogens is 2. The van der Waals surface area contributed by atoms with Gasteiger partial charge in [-0.15, -0.1) is 11.3 Å². The molecule has 1 aromatic carbocycles. The number of pyridine rings is 1. The Bertz CT molecular complexity index is 1100. The third kappa shape index (κ3) is 4.00. The van der Waals surface area contributed by atoms with E-state index in [2.05, 4.69) is 27.2 Å². The molecule has 0 radical (unpaired) electrons. The highest BCUT2D eigenvalue weighted by atomic mass is 32.2. The third-order valence-corrected chi connectivity index (χ3v) is 6.89. The van der Waals surface area contributed by atoms with Gasteiger partial charge < -0.3 is 14.4 Å². The van der Waals surface area contributed by atoms with Crippen LogP contribution in [0.2, 0.25) is 0 Å². The first-order valence-corrected chi connectivity index (χ1v) is 11.3. The Hall–Kier alpha value is -2.62. The summed E-state index contributed by atoms with van der Waals surface area (Å²) < 4.78 is 11.2. The molecule has 30 heavy (non-hydrogen) atoms. The van der Waals surface area contributed by atoms with E-state index in [9.17, 15) is 4.79 Å². The van der Waals surface area contributed by atoms with E-state index in [0.717, 1.165) is 35.8 Å². The lowest BCUT2D eigenvalue weighted by molar-refractivity contribution is 0.102. The maximum absolute atomic E-state index is 13.0. The molecule has 0 bridgehead atoms. The van der Waals surface area contributed by atoms with Crippen LogP contribution < -0.4 is 14.8 Å². The van der Waals surface area contributed by atoms with Crippen LogP contribution in [0, 0.1) is 0 Å². The molecule has 0 unspecified atom stereocenters. The fourth-order valence-electron chi connectivity index (χ4n) is 3.38. The molecular formula is C21H20N4O3S2. The number of amides is 1. The van der Waals surface area contributed by atoms with Gasteiger partial charge in [0.15, 0.2) is 16.6 Å². The van der Waals surface area contributed by atoms with Crippen molar-refractivity contribution in [2.24, 2.45) is 0 Å². The molecule has 2 aliphatic heterocycles. The maximum atomic E-state index is 13.0. The van der Waals surface area contributed by atoms with Gasteiger partial charge in [0, 0.05) is 35.5 Å². The van der Waals surface area contributed by atoms with E-state index >= 15 is 0 Å². The van der Waals surface area contributed by atoms with Crippen molar-refractivity contribution in [2.75, 3.05) is 32.1 Å². The van der Waals surface area contributed by atoms with Gasteiger partial charge in [0.2, 0.25) is 0 Å². The number of nitrogens with zero attached hydrogens (tertiary/aromatic N) is 3. The summed E-state index contributed by atoms with van der Waals surface area (Å²) >= 11 is 2.97. The van der Waals surface area contributed by atoms with Crippen molar-refractivity contribution < 1.29 is 14.3 Å². The molecule has 3 aromatic rings. The predicted octanol–water partition coefficient (Wildman–Crippen LogP) is 3.70. The van der Waals surface area contributed by atoms with Crippen LogP contribution in [0.4, 0.5) is 5.13 Å². The van der Waals surface area contributed by atoms with Crippen molar-refractivity contribution in [2.45, 2.75) is 22.9 Å². The lowest BCUT2D eigenvalue weighted by atomic mass is 10.2. The molecule has 4 heterocycles. The molecule has 0 saturated heterocycles. The molecule has 2 aromatic heterocycles. The lowest BCUT2D eigenvalue weighted by Crippen LogP contribution is -2.25. The maximum Gasteiger partial charge on any atom is 0.260 e. The van der Waals surface area contributed by atoms with E-state index in [1.807, 2.05) is 18.2 Å². The molecule has 7 nitrogen and oxygen atoms in total. The van der Waals surface area contributed by atoms with Crippen LogP contribution >= 0.6 is 23.1 Å². The van der Waals surface area contributed by atoms with Crippen LogP contribution in [0.15, 0.2) is 46.5 Å². The zero-order chi connectivity index (χ0) is 20.5. The first-order chi connectivity index (χ1) is 14.7. The zero-order valence-electron chi connectivity index (χ0n) is 16.4. The standard InChI is InChI=1S/C21H20N4O3S2/c1-25-8-6-15-18(12-25)30-21(23-15)24-19(26)14-3-2-7-22-20(14)29-13-4-5-16-17(11-13)28-10-9-27-16/h2-5,7,11H,6,8-10,12H2,1H3,(H,23,24,26).